The third-order valence-electron chi connectivity index (χ3n) is 0. The average molecular weight is 346 g/mol. The maximum atomic E-state index is 0. The molecule has 0 aromatic rings. The van der Waals surface area contributed by atoms with Gasteiger partial charge < -0.3 is 5.48 Å². The van der Waals surface area contributed by atoms with E-state index in [0.29, 0.717) is 0 Å². The predicted octanol–water partition coefficient (Wildman–Crippen LogP) is -1.74. The maximum absolute atomic E-state index is 0. The first-order valence-electron chi connectivity index (χ1n) is 0. The molecule has 0 rings (SSSR count). The second-order valence-corrected chi connectivity index (χ2v) is 0. The Kier molecular flexibility index (Phi) is 101. The van der Waals surface area contributed by atoms with Crippen LogP contribution in [-0.2, 0) is 19.5 Å². The van der Waals surface area contributed by atoms with Crippen molar-refractivity contribution in [2.24, 2.45) is 0 Å². The number of rotatable bonds is 0. The zero-order valence-corrected chi connectivity index (χ0v) is 9.82. The van der Waals surface area contributed by atoms with Crippen LogP contribution in [0.1, 0.15) is 0 Å². The molecule has 0 atom stereocenters. The summed E-state index contributed by atoms with van der Waals surface area (Å²) >= 11 is 0. The van der Waals surface area contributed by atoms with Crippen molar-refractivity contribution < 1.29 is 25.0 Å². The topological polar surface area (TPSA) is 30.0 Å². The Labute approximate surface area is 116 Å². The van der Waals surface area contributed by atoms with Gasteiger partial charge in [-0.15, -0.1) is 0 Å². The quantitative estimate of drug-likeness (QED) is 0.479. The molecule has 22 valence electrons. The van der Waals surface area contributed by atoms with E-state index in [2.05, 4.69) is 0 Å². The van der Waals surface area contributed by atoms with E-state index in [1.807, 2.05) is 0 Å². The van der Waals surface area contributed by atoms with E-state index in [0.717, 1.165) is 0 Å². The first kappa shape index (κ1) is 25.4. The van der Waals surface area contributed by atoms with Crippen LogP contribution in [0.5, 0.6) is 0 Å². The molecule has 0 spiro atoms. The number of hydrogen-bond donors (Lipinski definition) is 0. The fraction of sp³-hybridized carbons (Fsp3) is 0. The summed E-state index contributed by atoms with van der Waals surface area (Å²) in [5, 5.41) is 0. The van der Waals surface area contributed by atoms with E-state index in [-0.39, 0.29) is 119 Å². The molecular weight excluding hydrogens is 342 g/mol. The van der Waals surface area contributed by atoms with Crippen molar-refractivity contribution >= 4 is 94.4 Å². The Bertz CT molecular complexity index is 8.00. The molecule has 0 aromatic heterocycles. The Morgan fingerprint density at radius 1 is 1.00 bits per heavy atom. The summed E-state index contributed by atoms with van der Waals surface area (Å²) < 4.78 is 0. The summed E-state index contributed by atoms with van der Waals surface area (Å²) in [7, 11) is 0. The van der Waals surface area contributed by atoms with Crippen LogP contribution in [0.4, 0.5) is 0 Å². The van der Waals surface area contributed by atoms with E-state index >= 15 is 0 Å². The molecule has 0 heterocycles. The number of hydrogen-bond acceptors (Lipinski definition) is 1. The van der Waals surface area contributed by atoms with Gasteiger partial charge in [-0.05, 0) is 0 Å². The minimum atomic E-state index is 0. The van der Waals surface area contributed by atoms with Crippen LogP contribution in [0.3, 0.4) is 0 Å². The molecule has 0 fully saturated rings. The molecule has 0 saturated carbocycles. The molecule has 0 aromatic carbocycles. The second kappa shape index (κ2) is 15.9. The van der Waals surface area contributed by atoms with Crippen LogP contribution in [-0.4, -0.2) is 99.8 Å². The van der Waals surface area contributed by atoms with Gasteiger partial charge in [0, 0.05) is 19.5 Å². The fourth-order valence-corrected chi connectivity index (χ4v) is 0. The Morgan fingerprint density at radius 2 is 1.00 bits per heavy atom. The van der Waals surface area contributed by atoms with E-state index in [9.17, 15) is 0 Å². The monoisotopic (exact) mass is 348 g/mol. The molecule has 0 saturated heterocycles. The Hall–Kier alpha value is 3.64. The molecule has 1 N–H and O–H groups in total. The van der Waals surface area contributed by atoms with Crippen LogP contribution < -0.4 is 0 Å². The molecule has 0 bridgehead atoms. The molecule has 0 unspecified atom stereocenters. The van der Waals surface area contributed by atoms with E-state index in [1.54, 1.807) is 0 Å². The van der Waals surface area contributed by atoms with Gasteiger partial charge in [-0.3, -0.25) is 0 Å². The SMILES string of the molecule is [BaH+].[OH-].[Ru].[SrH2]. The van der Waals surface area contributed by atoms with Crippen molar-refractivity contribution in [2.45, 2.75) is 0 Å². The molecule has 0 aliphatic carbocycles. The summed E-state index contributed by atoms with van der Waals surface area (Å²) in [6.07, 6.45) is 0. The molecule has 0 amide bonds. The van der Waals surface area contributed by atoms with Crippen molar-refractivity contribution in [3.05, 3.63) is 0 Å². The summed E-state index contributed by atoms with van der Waals surface area (Å²) in [6, 6.07) is 0. The van der Waals surface area contributed by atoms with Gasteiger partial charge in [0.25, 0.3) is 0 Å². The van der Waals surface area contributed by atoms with Gasteiger partial charge >= 0.3 is 94.4 Å². The van der Waals surface area contributed by atoms with Crippen molar-refractivity contribution in [1.29, 1.82) is 0 Å². The molecule has 0 radical (unpaired) electrons. The third kappa shape index (κ3) is 9.16. The van der Waals surface area contributed by atoms with E-state index < -0.39 is 0 Å². The normalized spacial score (nSPS) is 0. The van der Waals surface area contributed by atoms with Crippen LogP contribution in [0.15, 0.2) is 0 Å². The zero-order chi connectivity index (χ0) is 0. The van der Waals surface area contributed by atoms with Crippen molar-refractivity contribution in [2.75, 3.05) is 0 Å². The second-order valence-electron chi connectivity index (χ2n) is 0. The fourth-order valence-electron chi connectivity index (χ4n) is 0. The van der Waals surface area contributed by atoms with E-state index in [1.165, 1.54) is 0 Å². The average Bonchev–Trinajstić information content (AvgIpc) is 0. The van der Waals surface area contributed by atoms with Gasteiger partial charge in [-0.1, -0.05) is 0 Å². The predicted molar refractivity (Wildman–Crippen MR) is 17.6 cm³/mol. The van der Waals surface area contributed by atoms with Gasteiger partial charge in [0.05, 0.1) is 0 Å². The van der Waals surface area contributed by atoms with Crippen molar-refractivity contribution in [3.8, 4) is 0 Å². The zero-order valence-electron chi connectivity index (χ0n) is 1.80. The van der Waals surface area contributed by atoms with Gasteiger partial charge in [0.2, 0.25) is 0 Å². The van der Waals surface area contributed by atoms with Gasteiger partial charge in [-0.25, -0.2) is 0 Å². The van der Waals surface area contributed by atoms with Crippen molar-refractivity contribution in [1.82, 2.24) is 0 Å². The van der Waals surface area contributed by atoms with Crippen LogP contribution in [0.25, 0.3) is 0 Å². The molecule has 1 nitrogen and oxygen atoms in total. The molecule has 4 heteroatoms. The minimum absolute atomic E-state index is 0. The van der Waals surface area contributed by atoms with Gasteiger partial charge in [0.15, 0.2) is 0 Å². The van der Waals surface area contributed by atoms with Crippen LogP contribution >= 0.6 is 0 Å². The third-order valence-corrected chi connectivity index (χ3v) is 0. The first-order chi connectivity index (χ1) is 0. The van der Waals surface area contributed by atoms with E-state index in [4.69, 9.17) is 0 Å². The van der Waals surface area contributed by atoms with Crippen molar-refractivity contribution in [3.63, 3.8) is 0 Å². The van der Waals surface area contributed by atoms with Gasteiger partial charge in [-0.2, -0.15) is 0 Å². The molecule has 0 aliphatic heterocycles. The van der Waals surface area contributed by atoms with Crippen LogP contribution in [0, 0.1) is 0 Å². The first-order valence-corrected chi connectivity index (χ1v) is 0. The summed E-state index contributed by atoms with van der Waals surface area (Å²) in [4.78, 5) is 0. The molecular formula is H4BaORuSr. The van der Waals surface area contributed by atoms with Gasteiger partial charge in [0.1, 0.15) is 0 Å². The summed E-state index contributed by atoms with van der Waals surface area (Å²) in [6.45, 7) is 0. The van der Waals surface area contributed by atoms with Crippen LogP contribution in [0.2, 0.25) is 0 Å². The molecule has 0 aliphatic rings. The summed E-state index contributed by atoms with van der Waals surface area (Å²) in [5.74, 6) is 0. The Balaban J connectivity index is 0. The Morgan fingerprint density at radius 3 is 1.00 bits per heavy atom. The summed E-state index contributed by atoms with van der Waals surface area (Å²) in [5.41, 5.74) is 0. The standard InChI is InChI=1S/Ba.H2O.Ru.Sr.3H/h;1H2;;;;;/q+1;;;;;;/p-1. The molecule has 4 heavy (non-hydrogen) atoms.